The molecule has 1 saturated carbocycles. The Kier molecular flexibility index (Phi) is 3.94. The van der Waals surface area contributed by atoms with Gasteiger partial charge in [-0.25, -0.2) is 0 Å². The van der Waals surface area contributed by atoms with Crippen LogP contribution in [0.4, 0.5) is 0 Å². The van der Waals surface area contributed by atoms with Crippen LogP contribution in [0.3, 0.4) is 0 Å². The van der Waals surface area contributed by atoms with E-state index >= 15 is 0 Å². The lowest BCUT2D eigenvalue weighted by Gasteiger charge is -2.21. The summed E-state index contributed by atoms with van der Waals surface area (Å²) < 4.78 is 0. The summed E-state index contributed by atoms with van der Waals surface area (Å²) in [6, 6.07) is -0.239. The van der Waals surface area contributed by atoms with Gasteiger partial charge in [-0.2, -0.15) is 0 Å². The Bertz CT molecular complexity index is 127. The van der Waals surface area contributed by atoms with E-state index in [-0.39, 0.29) is 31.4 Å². The SMILES string of the molecule is OCC(CO)N[C@H]1CCC[C@@H]1O. The molecule has 0 saturated heterocycles. The molecule has 4 nitrogen and oxygen atoms in total. The summed E-state index contributed by atoms with van der Waals surface area (Å²) in [6.45, 7) is -0.167. The highest BCUT2D eigenvalue weighted by Gasteiger charge is 2.26. The molecular weight excluding hydrogens is 158 g/mol. The molecule has 0 aliphatic heterocycles. The van der Waals surface area contributed by atoms with Gasteiger partial charge in [0, 0.05) is 6.04 Å². The molecule has 1 aliphatic carbocycles. The van der Waals surface area contributed by atoms with Gasteiger partial charge < -0.3 is 20.6 Å². The lowest BCUT2D eigenvalue weighted by Crippen LogP contribution is -2.46. The van der Waals surface area contributed by atoms with Gasteiger partial charge in [0.1, 0.15) is 0 Å². The Hall–Kier alpha value is -0.160. The fourth-order valence-corrected chi connectivity index (χ4v) is 1.60. The zero-order valence-electron chi connectivity index (χ0n) is 7.11. The third-order valence-electron chi connectivity index (χ3n) is 2.37. The molecule has 0 bridgehead atoms. The number of hydrogen-bond acceptors (Lipinski definition) is 4. The molecule has 1 fully saturated rings. The average molecular weight is 175 g/mol. The lowest BCUT2D eigenvalue weighted by molar-refractivity contribution is 0.113. The monoisotopic (exact) mass is 175 g/mol. The molecule has 0 heterocycles. The van der Waals surface area contributed by atoms with E-state index in [1.54, 1.807) is 0 Å². The summed E-state index contributed by atoms with van der Waals surface area (Å²) in [5.41, 5.74) is 0. The van der Waals surface area contributed by atoms with Crippen molar-refractivity contribution < 1.29 is 15.3 Å². The number of nitrogens with one attached hydrogen (secondary N) is 1. The summed E-state index contributed by atoms with van der Waals surface area (Å²) in [5, 5.41) is 30.0. The predicted octanol–water partition coefficient (Wildman–Crippen LogP) is -1.16. The van der Waals surface area contributed by atoms with Crippen molar-refractivity contribution >= 4 is 0 Å². The molecule has 1 aliphatic rings. The normalized spacial score (nSPS) is 30.0. The minimum atomic E-state index is -0.314. The van der Waals surface area contributed by atoms with Gasteiger partial charge in [-0.1, -0.05) is 0 Å². The van der Waals surface area contributed by atoms with Gasteiger partial charge in [-0.05, 0) is 19.3 Å². The largest absolute Gasteiger partial charge is 0.395 e. The molecule has 4 heteroatoms. The second kappa shape index (κ2) is 4.77. The molecule has 12 heavy (non-hydrogen) atoms. The van der Waals surface area contributed by atoms with Gasteiger partial charge in [0.25, 0.3) is 0 Å². The first-order valence-electron chi connectivity index (χ1n) is 4.43. The Balaban J connectivity index is 2.28. The smallest absolute Gasteiger partial charge is 0.0693 e. The van der Waals surface area contributed by atoms with E-state index in [1.807, 2.05) is 0 Å². The van der Waals surface area contributed by atoms with Gasteiger partial charge in [-0.15, -0.1) is 0 Å². The van der Waals surface area contributed by atoms with E-state index in [4.69, 9.17) is 10.2 Å². The van der Waals surface area contributed by atoms with Crippen LogP contribution in [-0.4, -0.2) is 46.7 Å². The first-order valence-corrected chi connectivity index (χ1v) is 4.43. The summed E-state index contributed by atoms with van der Waals surface area (Å²) in [4.78, 5) is 0. The zero-order chi connectivity index (χ0) is 8.97. The van der Waals surface area contributed by atoms with E-state index in [1.165, 1.54) is 0 Å². The average Bonchev–Trinajstić information content (AvgIpc) is 2.47. The number of aliphatic hydroxyl groups is 3. The summed E-state index contributed by atoms with van der Waals surface area (Å²) >= 11 is 0. The molecule has 72 valence electrons. The molecule has 0 spiro atoms. The van der Waals surface area contributed by atoms with E-state index in [0.29, 0.717) is 0 Å². The number of hydrogen-bond donors (Lipinski definition) is 4. The molecule has 4 N–H and O–H groups in total. The van der Waals surface area contributed by atoms with Crippen LogP contribution < -0.4 is 5.32 Å². The Labute approximate surface area is 72.2 Å². The van der Waals surface area contributed by atoms with Crippen LogP contribution in [0.15, 0.2) is 0 Å². The lowest BCUT2D eigenvalue weighted by atomic mass is 10.2. The third kappa shape index (κ3) is 2.42. The quantitative estimate of drug-likeness (QED) is 0.435. The molecule has 0 amide bonds. The van der Waals surface area contributed by atoms with Crippen LogP contribution in [-0.2, 0) is 0 Å². The van der Waals surface area contributed by atoms with E-state index < -0.39 is 0 Å². The Morgan fingerprint density at radius 1 is 1.25 bits per heavy atom. The molecule has 1 rings (SSSR count). The summed E-state index contributed by atoms with van der Waals surface area (Å²) in [7, 11) is 0. The highest BCUT2D eigenvalue weighted by Crippen LogP contribution is 2.18. The van der Waals surface area contributed by atoms with Crippen molar-refractivity contribution in [2.24, 2.45) is 0 Å². The van der Waals surface area contributed by atoms with Crippen LogP contribution in [0, 0.1) is 0 Å². The maximum absolute atomic E-state index is 9.40. The first-order chi connectivity index (χ1) is 5.77. The first kappa shape index (κ1) is 9.92. The topological polar surface area (TPSA) is 72.7 Å². The highest BCUT2D eigenvalue weighted by molar-refractivity contribution is 4.85. The number of rotatable bonds is 4. The maximum Gasteiger partial charge on any atom is 0.0693 e. The summed E-state index contributed by atoms with van der Waals surface area (Å²) in [5.74, 6) is 0. The molecule has 0 radical (unpaired) electrons. The van der Waals surface area contributed by atoms with Crippen LogP contribution >= 0.6 is 0 Å². The molecule has 2 atom stereocenters. The van der Waals surface area contributed by atoms with Gasteiger partial charge in [0.15, 0.2) is 0 Å². The van der Waals surface area contributed by atoms with Crippen molar-refractivity contribution in [3.8, 4) is 0 Å². The van der Waals surface area contributed by atoms with Crippen molar-refractivity contribution in [3.63, 3.8) is 0 Å². The fraction of sp³-hybridized carbons (Fsp3) is 1.00. The van der Waals surface area contributed by atoms with Crippen LogP contribution in [0.25, 0.3) is 0 Å². The van der Waals surface area contributed by atoms with Crippen molar-refractivity contribution in [1.29, 1.82) is 0 Å². The van der Waals surface area contributed by atoms with Gasteiger partial charge >= 0.3 is 0 Å². The number of aliphatic hydroxyl groups excluding tert-OH is 3. The standard InChI is InChI=1S/C8H17NO3/c10-4-6(5-11)9-7-2-1-3-8(7)12/h6-12H,1-5H2/t7-,8-/m0/s1. The van der Waals surface area contributed by atoms with Crippen molar-refractivity contribution in [2.75, 3.05) is 13.2 Å². The van der Waals surface area contributed by atoms with Gasteiger partial charge in [0.2, 0.25) is 0 Å². The second-order valence-corrected chi connectivity index (χ2v) is 3.33. The Morgan fingerprint density at radius 3 is 2.33 bits per heavy atom. The maximum atomic E-state index is 9.40. The van der Waals surface area contributed by atoms with Gasteiger partial charge in [0.05, 0.1) is 25.4 Å². The van der Waals surface area contributed by atoms with E-state index in [0.717, 1.165) is 19.3 Å². The molecule has 0 aromatic carbocycles. The van der Waals surface area contributed by atoms with Gasteiger partial charge in [-0.3, -0.25) is 0 Å². The predicted molar refractivity (Wildman–Crippen MR) is 44.7 cm³/mol. The van der Waals surface area contributed by atoms with E-state index in [2.05, 4.69) is 5.32 Å². The van der Waals surface area contributed by atoms with Crippen LogP contribution in [0.1, 0.15) is 19.3 Å². The summed E-state index contributed by atoms with van der Waals surface area (Å²) in [6.07, 6.45) is 2.45. The second-order valence-electron chi connectivity index (χ2n) is 3.33. The third-order valence-corrected chi connectivity index (χ3v) is 2.37. The minimum absolute atomic E-state index is 0.0503. The highest BCUT2D eigenvalue weighted by atomic mass is 16.3. The molecular formula is C8H17NO3. The van der Waals surface area contributed by atoms with E-state index in [9.17, 15) is 5.11 Å². The van der Waals surface area contributed by atoms with Crippen LogP contribution in [0.5, 0.6) is 0 Å². The Morgan fingerprint density at radius 2 is 1.92 bits per heavy atom. The zero-order valence-corrected chi connectivity index (χ0v) is 7.11. The minimum Gasteiger partial charge on any atom is -0.395 e. The van der Waals surface area contributed by atoms with Crippen molar-refractivity contribution in [2.45, 2.75) is 37.5 Å². The van der Waals surface area contributed by atoms with Crippen LogP contribution in [0.2, 0.25) is 0 Å². The van der Waals surface area contributed by atoms with Crippen molar-refractivity contribution in [3.05, 3.63) is 0 Å². The molecule has 0 aromatic rings. The van der Waals surface area contributed by atoms with Crippen molar-refractivity contribution in [1.82, 2.24) is 5.32 Å². The fourth-order valence-electron chi connectivity index (χ4n) is 1.60. The molecule has 0 aromatic heterocycles. The molecule has 0 unspecified atom stereocenters.